The van der Waals surface area contributed by atoms with Crippen LogP contribution in [0.4, 0.5) is 0 Å². The molecule has 0 aromatic rings. The van der Waals surface area contributed by atoms with Crippen LogP contribution in [0.15, 0.2) is 0 Å². The van der Waals surface area contributed by atoms with Crippen LogP contribution < -0.4 is 0 Å². The highest BCUT2D eigenvalue weighted by molar-refractivity contribution is 5.83. The second kappa shape index (κ2) is 4.87. The van der Waals surface area contributed by atoms with Gasteiger partial charge in [0, 0.05) is 13.0 Å². The lowest BCUT2D eigenvalue weighted by molar-refractivity contribution is -0.414. The van der Waals surface area contributed by atoms with Crippen molar-refractivity contribution >= 4 is 5.78 Å². The van der Waals surface area contributed by atoms with Crippen LogP contribution in [-0.2, 0) is 19.3 Å². The van der Waals surface area contributed by atoms with Crippen molar-refractivity contribution in [3.8, 4) is 0 Å². The van der Waals surface area contributed by atoms with E-state index in [4.69, 9.17) is 14.5 Å². The van der Waals surface area contributed by atoms with E-state index in [2.05, 4.69) is 0 Å². The van der Waals surface area contributed by atoms with Crippen LogP contribution in [-0.4, -0.2) is 24.3 Å². The number of rotatable bonds is 4. The molecule has 1 saturated heterocycles. The highest BCUT2D eigenvalue weighted by atomic mass is 18.6. The number of carbonyl (C=O) groups is 1. The Morgan fingerprint density at radius 3 is 2.71 bits per heavy atom. The van der Waals surface area contributed by atoms with Gasteiger partial charge in [0.05, 0.1) is 0 Å². The average Bonchev–Trinajstić information content (AvgIpc) is 2.16. The molecular weight excluding hydrogens is 186 g/mol. The lowest BCUT2D eigenvalue weighted by Crippen LogP contribution is -2.36. The van der Waals surface area contributed by atoms with Gasteiger partial charge in [-0.1, -0.05) is 0 Å². The van der Waals surface area contributed by atoms with Crippen LogP contribution in [0.2, 0.25) is 0 Å². The SMILES string of the molecule is CC(=O)C(C)(C)O[18O]C1CCCCO1. The number of hydrogen-bond acceptors (Lipinski definition) is 4. The van der Waals surface area contributed by atoms with Gasteiger partial charge >= 0.3 is 0 Å². The Morgan fingerprint density at radius 2 is 2.21 bits per heavy atom. The molecule has 0 bridgehead atoms. The predicted molar refractivity (Wildman–Crippen MR) is 50.5 cm³/mol. The van der Waals surface area contributed by atoms with Crippen molar-refractivity contribution in [1.29, 1.82) is 0 Å². The number of ether oxygens (including phenoxy) is 1. The third-order valence-electron chi connectivity index (χ3n) is 2.35. The molecule has 0 aliphatic carbocycles. The van der Waals surface area contributed by atoms with Gasteiger partial charge in [-0.2, -0.15) is 0 Å². The molecule has 0 saturated carbocycles. The quantitative estimate of drug-likeness (QED) is 0.398. The van der Waals surface area contributed by atoms with E-state index in [-0.39, 0.29) is 12.1 Å². The fraction of sp³-hybridized carbons (Fsp3) is 0.900. The van der Waals surface area contributed by atoms with Crippen LogP contribution in [0.5, 0.6) is 0 Å². The lowest BCUT2D eigenvalue weighted by atomic mass is 10.1. The van der Waals surface area contributed by atoms with E-state index in [9.17, 15) is 4.79 Å². The molecule has 14 heavy (non-hydrogen) atoms. The molecule has 1 aliphatic rings. The minimum atomic E-state index is -0.888. The van der Waals surface area contributed by atoms with Gasteiger partial charge in [0.25, 0.3) is 0 Å². The zero-order valence-corrected chi connectivity index (χ0v) is 9.04. The van der Waals surface area contributed by atoms with Crippen molar-refractivity contribution in [1.82, 2.24) is 0 Å². The first-order valence-electron chi connectivity index (χ1n) is 4.99. The summed E-state index contributed by atoms with van der Waals surface area (Å²) in [4.78, 5) is 21.2. The molecule has 82 valence electrons. The molecule has 0 spiro atoms. The second-order valence-corrected chi connectivity index (χ2v) is 4.04. The summed E-state index contributed by atoms with van der Waals surface area (Å²) in [6, 6.07) is 0. The monoisotopic (exact) mass is 204 g/mol. The third kappa shape index (κ3) is 3.36. The molecule has 4 nitrogen and oxygen atoms in total. The summed E-state index contributed by atoms with van der Waals surface area (Å²) < 4.78 is 5.29. The van der Waals surface area contributed by atoms with Crippen molar-refractivity contribution in [2.45, 2.75) is 51.9 Å². The summed E-state index contributed by atoms with van der Waals surface area (Å²) in [6.45, 7) is 5.54. The van der Waals surface area contributed by atoms with Crippen molar-refractivity contribution < 1.29 is 19.3 Å². The summed E-state index contributed by atoms with van der Waals surface area (Å²) in [6.07, 6.45) is 2.65. The van der Waals surface area contributed by atoms with Gasteiger partial charge in [-0.3, -0.25) is 4.79 Å². The van der Waals surface area contributed by atoms with Gasteiger partial charge in [-0.05, 0) is 33.6 Å². The molecule has 0 amide bonds. The Kier molecular flexibility index (Phi) is 4.04. The maximum atomic E-state index is 11.1. The smallest absolute Gasteiger partial charge is 0.191 e. The van der Waals surface area contributed by atoms with Crippen molar-refractivity contribution in [2.75, 3.05) is 6.61 Å². The van der Waals surface area contributed by atoms with E-state index in [0.29, 0.717) is 6.61 Å². The van der Waals surface area contributed by atoms with E-state index in [1.165, 1.54) is 6.92 Å². The first-order chi connectivity index (χ1) is 6.52. The van der Waals surface area contributed by atoms with Gasteiger partial charge in [-0.25, -0.2) is 9.78 Å². The average molecular weight is 204 g/mol. The molecule has 1 atom stereocenters. The molecule has 1 heterocycles. The van der Waals surface area contributed by atoms with Gasteiger partial charge in [0.15, 0.2) is 17.7 Å². The highest BCUT2D eigenvalue weighted by Gasteiger charge is 2.28. The predicted octanol–water partition coefficient (Wildman–Crippen LogP) is 1.83. The van der Waals surface area contributed by atoms with Gasteiger partial charge in [0.1, 0.15) is 0 Å². The first-order valence-corrected chi connectivity index (χ1v) is 4.99. The Morgan fingerprint density at radius 1 is 1.50 bits per heavy atom. The van der Waals surface area contributed by atoms with Gasteiger partial charge in [0.2, 0.25) is 0 Å². The first kappa shape index (κ1) is 11.6. The van der Waals surface area contributed by atoms with Crippen LogP contribution in [0, 0.1) is 0 Å². The summed E-state index contributed by atoms with van der Waals surface area (Å²) in [5.41, 5.74) is -0.888. The molecule has 0 aromatic heterocycles. The Balaban J connectivity index is 2.28. The largest absolute Gasteiger partial charge is 0.350 e. The Hall–Kier alpha value is -0.450. The number of ketones is 1. The molecule has 1 fully saturated rings. The standard InChI is InChI=1S/C10H18O4/c1-8(11)10(2,3)14-13-9-6-4-5-7-12-9/h9H,4-7H2,1-3H3/i13+2. The normalized spacial score (nSPS) is 23.5. The Labute approximate surface area is 84.4 Å². The van der Waals surface area contributed by atoms with Crippen molar-refractivity contribution in [2.24, 2.45) is 0 Å². The second-order valence-electron chi connectivity index (χ2n) is 4.04. The van der Waals surface area contributed by atoms with Crippen LogP contribution in [0.3, 0.4) is 0 Å². The number of hydrogen-bond donors (Lipinski definition) is 0. The minimum absolute atomic E-state index is 0.0618. The maximum Gasteiger partial charge on any atom is 0.191 e. The lowest BCUT2D eigenvalue weighted by Gasteiger charge is -2.26. The van der Waals surface area contributed by atoms with Crippen LogP contribution >= 0.6 is 0 Å². The molecule has 0 N–H and O–H groups in total. The molecule has 0 aromatic carbocycles. The molecule has 1 aliphatic heterocycles. The summed E-state index contributed by atoms with van der Waals surface area (Å²) in [7, 11) is 0. The summed E-state index contributed by atoms with van der Waals surface area (Å²) >= 11 is 0. The minimum Gasteiger partial charge on any atom is -0.350 e. The summed E-state index contributed by atoms with van der Waals surface area (Å²) in [5.74, 6) is -0.0618. The van der Waals surface area contributed by atoms with E-state index < -0.39 is 5.60 Å². The Bertz CT molecular complexity index is 194. The molecular formula is C10H18O4. The maximum absolute atomic E-state index is 11.1. The third-order valence-corrected chi connectivity index (χ3v) is 2.35. The van der Waals surface area contributed by atoms with E-state index >= 15 is 0 Å². The van der Waals surface area contributed by atoms with Crippen molar-refractivity contribution in [3.63, 3.8) is 0 Å². The summed E-state index contributed by atoms with van der Waals surface area (Å²) in [5, 5.41) is 0. The van der Waals surface area contributed by atoms with E-state index in [1.54, 1.807) is 13.8 Å². The molecule has 1 unspecified atom stereocenters. The molecule has 0 radical (unpaired) electrons. The zero-order valence-electron chi connectivity index (χ0n) is 9.04. The van der Waals surface area contributed by atoms with Crippen molar-refractivity contribution in [3.05, 3.63) is 0 Å². The fourth-order valence-corrected chi connectivity index (χ4v) is 1.02. The zero-order chi connectivity index (χ0) is 10.6. The molecule has 1 rings (SSSR count). The highest BCUT2D eigenvalue weighted by Crippen LogP contribution is 2.18. The van der Waals surface area contributed by atoms with E-state index in [1.807, 2.05) is 0 Å². The molecule has 4 heteroatoms. The van der Waals surface area contributed by atoms with Gasteiger partial charge in [-0.15, -0.1) is 0 Å². The van der Waals surface area contributed by atoms with Crippen LogP contribution in [0.1, 0.15) is 40.0 Å². The van der Waals surface area contributed by atoms with Crippen LogP contribution in [0.25, 0.3) is 0 Å². The number of carbonyl (C=O) groups excluding carboxylic acids is 1. The topological polar surface area (TPSA) is 44.8 Å². The number of Topliss-reactive ketones (excluding diaryl/α,β-unsaturated/α-hetero) is 1. The fourth-order valence-electron chi connectivity index (χ4n) is 1.02. The van der Waals surface area contributed by atoms with E-state index in [0.717, 1.165) is 19.3 Å². The van der Waals surface area contributed by atoms with Gasteiger partial charge < -0.3 is 4.74 Å².